The first-order valence-electron chi connectivity index (χ1n) is 5.98. The van der Waals surface area contributed by atoms with E-state index >= 15 is 0 Å². The van der Waals surface area contributed by atoms with Gasteiger partial charge < -0.3 is 9.47 Å². The minimum atomic E-state index is -0.472. The molecule has 0 saturated heterocycles. The van der Waals surface area contributed by atoms with Gasteiger partial charge >= 0.3 is 47.3 Å². The van der Waals surface area contributed by atoms with Crippen molar-refractivity contribution in [1.82, 2.24) is 9.97 Å². The molecule has 0 saturated carbocycles. The first kappa shape index (κ1) is 19.6. The molecule has 0 N–H and O–H groups in total. The van der Waals surface area contributed by atoms with E-state index in [4.69, 9.17) is 18.8 Å². The van der Waals surface area contributed by atoms with Gasteiger partial charge in [-0.2, -0.15) is 0 Å². The van der Waals surface area contributed by atoms with Gasteiger partial charge in [0.05, 0.1) is 36.7 Å². The van der Waals surface area contributed by atoms with Crippen molar-refractivity contribution >= 4 is 30.8 Å². The number of hydrogen-bond acceptors (Lipinski definition) is 6. The van der Waals surface area contributed by atoms with Crippen molar-refractivity contribution in [1.29, 1.82) is 0 Å². The van der Waals surface area contributed by atoms with Crippen LogP contribution in [0.2, 0.25) is 0 Å². The van der Waals surface area contributed by atoms with E-state index in [2.05, 4.69) is 19.4 Å². The van der Waals surface area contributed by atoms with Crippen LogP contribution in [0.4, 0.5) is 0 Å². The quantitative estimate of drug-likeness (QED) is 0.560. The van der Waals surface area contributed by atoms with E-state index in [1.807, 2.05) is 0 Å². The van der Waals surface area contributed by atoms with E-state index in [0.29, 0.717) is 22.5 Å². The summed E-state index contributed by atoms with van der Waals surface area (Å²) in [6.07, 6.45) is 2.96. The van der Waals surface area contributed by atoms with Crippen LogP contribution in [0.5, 0.6) is 0 Å². The Morgan fingerprint density at radius 1 is 0.913 bits per heavy atom. The fourth-order valence-corrected chi connectivity index (χ4v) is 1.63. The van der Waals surface area contributed by atoms with Crippen LogP contribution in [0.25, 0.3) is 11.4 Å². The SMILES string of the molecule is COC(=O)c1ccnc(-c2cc(C(=O)OC)ccn2)c1.[Cl][Pt][Cl]. The van der Waals surface area contributed by atoms with Crippen molar-refractivity contribution in [3.63, 3.8) is 0 Å². The predicted molar refractivity (Wildman–Crippen MR) is 81.9 cm³/mol. The van der Waals surface area contributed by atoms with Gasteiger partial charge in [0.1, 0.15) is 0 Å². The summed E-state index contributed by atoms with van der Waals surface area (Å²) in [7, 11) is 12.4. The molecule has 126 valence electrons. The van der Waals surface area contributed by atoms with E-state index in [-0.39, 0.29) is 0 Å². The molecule has 9 heteroatoms. The molecular formula is C14H12Cl2N2O4Pt. The number of pyridine rings is 2. The summed E-state index contributed by atoms with van der Waals surface area (Å²) in [6.45, 7) is 0. The maximum absolute atomic E-state index is 11.5. The van der Waals surface area contributed by atoms with E-state index < -0.39 is 28.4 Å². The van der Waals surface area contributed by atoms with Crippen LogP contribution in [0.1, 0.15) is 20.7 Å². The number of carbonyl (C=O) groups is 2. The van der Waals surface area contributed by atoms with Crippen LogP contribution in [-0.4, -0.2) is 36.1 Å². The Balaban J connectivity index is 0.000000816. The van der Waals surface area contributed by atoms with E-state index in [0.717, 1.165) is 0 Å². The van der Waals surface area contributed by atoms with Gasteiger partial charge in [0.25, 0.3) is 0 Å². The molecule has 2 aromatic rings. The molecule has 0 radical (unpaired) electrons. The molecule has 0 amide bonds. The third-order valence-electron chi connectivity index (χ3n) is 2.62. The summed E-state index contributed by atoms with van der Waals surface area (Å²) in [6, 6.07) is 6.18. The van der Waals surface area contributed by atoms with Gasteiger partial charge in [-0.25, -0.2) is 9.59 Å². The van der Waals surface area contributed by atoms with Crippen molar-refractivity contribution < 1.29 is 35.5 Å². The Hall–Kier alpha value is -1.49. The number of esters is 2. The summed E-state index contributed by atoms with van der Waals surface area (Å²) in [5.41, 5.74) is 1.67. The van der Waals surface area contributed by atoms with Crippen LogP contribution >= 0.6 is 18.8 Å². The molecule has 0 spiro atoms. The summed E-state index contributed by atoms with van der Waals surface area (Å²) in [5, 5.41) is 0. The standard InChI is InChI=1S/C14H12N2O4.2ClH.Pt/c1-19-13(17)9-3-5-15-11(7-9)12-8-10(4-6-16-12)14(18)20-2;;;/h3-8H,1-2H3;2*1H;/q;;;+2/p-2. The fourth-order valence-electron chi connectivity index (χ4n) is 1.63. The molecule has 2 rings (SSSR count). The second-order valence-corrected chi connectivity index (χ2v) is 7.17. The fraction of sp³-hybridized carbons (Fsp3) is 0.143. The normalized spacial score (nSPS) is 9.57. The molecular weight excluding hydrogens is 526 g/mol. The molecule has 2 heterocycles. The van der Waals surface area contributed by atoms with Gasteiger partial charge in [-0.3, -0.25) is 9.97 Å². The average Bonchev–Trinajstić information content (AvgIpc) is 2.61. The monoisotopic (exact) mass is 537 g/mol. The number of methoxy groups -OCH3 is 2. The number of aromatic nitrogens is 2. The van der Waals surface area contributed by atoms with Gasteiger partial charge in [0, 0.05) is 12.4 Å². The molecule has 0 aliphatic rings. The third-order valence-corrected chi connectivity index (χ3v) is 2.62. The summed E-state index contributed by atoms with van der Waals surface area (Å²) in [5.74, 6) is -0.921. The van der Waals surface area contributed by atoms with E-state index in [1.165, 1.54) is 26.6 Å². The Kier molecular flexibility index (Phi) is 8.77. The maximum atomic E-state index is 11.5. The van der Waals surface area contributed by atoms with Crippen LogP contribution in [-0.2, 0) is 26.0 Å². The van der Waals surface area contributed by atoms with Gasteiger partial charge in [-0.05, 0) is 24.3 Å². The van der Waals surface area contributed by atoms with Crippen molar-refractivity contribution in [2.45, 2.75) is 0 Å². The van der Waals surface area contributed by atoms with Crippen molar-refractivity contribution in [2.24, 2.45) is 0 Å². The Morgan fingerprint density at radius 2 is 1.26 bits per heavy atom. The van der Waals surface area contributed by atoms with Crippen molar-refractivity contribution in [3.05, 3.63) is 47.8 Å². The van der Waals surface area contributed by atoms with Crippen molar-refractivity contribution in [3.8, 4) is 11.4 Å². The van der Waals surface area contributed by atoms with Gasteiger partial charge in [0.2, 0.25) is 0 Å². The first-order chi connectivity index (χ1) is 11.1. The second kappa shape index (κ2) is 10.3. The predicted octanol–water partition coefficient (Wildman–Crippen LogP) is 3.09. The Morgan fingerprint density at radius 3 is 1.57 bits per heavy atom. The molecule has 0 fully saturated rings. The summed E-state index contributed by atoms with van der Waals surface area (Å²) in [4.78, 5) is 31.2. The number of halogens is 2. The number of ether oxygens (including phenoxy) is 2. The van der Waals surface area contributed by atoms with Crippen LogP contribution < -0.4 is 0 Å². The molecule has 0 aliphatic carbocycles. The molecule has 0 aromatic carbocycles. The Labute approximate surface area is 149 Å². The van der Waals surface area contributed by atoms with E-state index in [9.17, 15) is 9.59 Å². The third kappa shape index (κ3) is 5.90. The molecule has 0 atom stereocenters. The van der Waals surface area contributed by atoms with Gasteiger partial charge in [-0.1, -0.05) is 0 Å². The van der Waals surface area contributed by atoms with Gasteiger partial charge in [0.15, 0.2) is 0 Å². The molecule has 23 heavy (non-hydrogen) atoms. The molecule has 0 unspecified atom stereocenters. The summed E-state index contributed by atoms with van der Waals surface area (Å²) >= 11 is -0.472. The minimum absolute atomic E-state index is 0.364. The zero-order valence-electron chi connectivity index (χ0n) is 12.1. The topological polar surface area (TPSA) is 78.4 Å². The molecule has 0 bridgehead atoms. The molecule has 0 aliphatic heterocycles. The molecule has 6 nitrogen and oxygen atoms in total. The van der Waals surface area contributed by atoms with Crippen LogP contribution in [0, 0.1) is 0 Å². The number of carbonyl (C=O) groups excluding carboxylic acids is 2. The van der Waals surface area contributed by atoms with Gasteiger partial charge in [-0.15, -0.1) is 0 Å². The van der Waals surface area contributed by atoms with Crippen LogP contribution in [0.3, 0.4) is 0 Å². The average molecular weight is 538 g/mol. The number of hydrogen-bond donors (Lipinski definition) is 0. The number of nitrogens with zero attached hydrogens (tertiary/aromatic N) is 2. The van der Waals surface area contributed by atoms with Crippen molar-refractivity contribution in [2.75, 3.05) is 14.2 Å². The zero-order valence-corrected chi connectivity index (χ0v) is 15.8. The molecule has 2 aromatic heterocycles. The van der Waals surface area contributed by atoms with E-state index in [1.54, 1.807) is 24.3 Å². The summed E-state index contributed by atoms with van der Waals surface area (Å²) < 4.78 is 9.29. The second-order valence-electron chi connectivity index (χ2n) is 3.89. The number of rotatable bonds is 3. The van der Waals surface area contributed by atoms with Crippen LogP contribution in [0.15, 0.2) is 36.7 Å². The first-order valence-corrected chi connectivity index (χ1v) is 11.6. The Bertz CT molecular complexity index is 628. The zero-order chi connectivity index (χ0) is 17.2.